The van der Waals surface area contributed by atoms with Crippen LogP contribution in [0.4, 0.5) is 0 Å². The maximum atomic E-state index is 12.4. The average Bonchev–Trinajstić information content (AvgIpc) is 2.43. The molecule has 0 aliphatic carbocycles. The van der Waals surface area contributed by atoms with Gasteiger partial charge < -0.3 is 10.1 Å². The van der Waals surface area contributed by atoms with Crippen LogP contribution in [0.15, 0.2) is 0 Å². The highest BCUT2D eigenvalue weighted by molar-refractivity contribution is 9.09. The number of amides is 1. The van der Waals surface area contributed by atoms with Crippen molar-refractivity contribution in [2.45, 2.75) is 91.7 Å². The lowest BCUT2D eigenvalue weighted by atomic mass is 9.80. The molecule has 0 aromatic heterocycles. The average molecular weight is 406 g/mol. The molecule has 0 fully saturated rings. The summed E-state index contributed by atoms with van der Waals surface area (Å²) in [7, 11) is 0. The van der Waals surface area contributed by atoms with Crippen molar-refractivity contribution in [1.82, 2.24) is 5.32 Å². The fraction of sp³-hybridized carbons (Fsp3) is 0.895. The minimum Gasteiger partial charge on any atom is -0.375 e. The Hall–Kier alpha value is -0.420. The van der Waals surface area contributed by atoms with Gasteiger partial charge >= 0.3 is 0 Å². The van der Waals surface area contributed by atoms with Gasteiger partial charge in [-0.15, -0.1) is 0 Å². The first-order valence-corrected chi connectivity index (χ1v) is 10.0. The molecule has 1 N–H and O–H groups in total. The molecule has 0 aliphatic rings. The number of alkyl halides is 1. The highest BCUT2D eigenvalue weighted by Crippen LogP contribution is 2.28. The Balaban J connectivity index is 4.31. The maximum absolute atomic E-state index is 12.4. The minimum atomic E-state index is -0.340. The summed E-state index contributed by atoms with van der Waals surface area (Å²) in [5.41, 5.74) is -0.889. The molecule has 5 heteroatoms. The molecular weight excluding hydrogens is 370 g/mol. The SMILES string of the molecule is CCCC(C)(C)C(=O)CCC(C)(C)OCCC(C)(C)NC(=O)CBr. The number of Topliss-reactive ketones (excluding diaryl/α,β-unsaturated/α-hetero) is 1. The topological polar surface area (TPSA) is 55.4 Å². The highest BCUT2D eigenvalue weighted by atomic mass is 79.9. The van der Waals surface area contributed by atoms with Crippen LogP contribution < -0.4 is 5.32 Å². The lowest BCUT2D eigenvalue weighted by Gasteiger charge is -2.31. The first-order valence-electron chi connectivity index (χ1n) is 8.89. The van der Waals surface area contributed by atoms with Crippen molar-refractivity contribution in [3.05, 3.63) is 0 Å². The highest BCUT2D eigenvalue weighted by Gasteiger charge is 2.29. The molecule has 0 saturated carbocycles. The molecule has 0 radical (unpaired) electrons. The summed E-state index contributed by atoms with van der Waals surface area (Å²) >= 11 is 3.15. The quantitative estimate of drug-likeness (QED) is 0.481. The van der Waals surface area contributed by atoms with Gasteiger partial charge in [-0.25, -0.2) is 0 Å². The molecule has 142 valence electrons. The van der Waals surface area contributed by atoms with Crippen molar-refractivity contribution in [3.63, 3.8) is 0 Å². The molecule has 0 heterocycles. The summed E-state index contributed by atoms with van der Waals surface area (Å²) < 4.78 is 5.99. The second kappa shape index (κ2) is 9.91. The molecule has 0 spiro atoms. The zero-order valence-electron chi connectivity index (χ0n) is 16.6. The molecule has 0 unspecified atom stereocenters. The van der Waals surface area contributed by atoms with Crippen LogP contribution in [0.1, 0.15) is 80.6 Å². The summed E-state index contributed by atoms with van der Waals surface area (Å²) in [5, 5.41) is 3.26. The predicted molar refractivity (Wildman–Crippen MR) is 104 cm³/mol. The van der Waals surface area contributed by atoms with E-state index in [-0.39, 0.29) is 22.5 Å². The Morgan fingerprint density at radius 2 is 1.58 bits per heavy atom. The van der Waals surface area contributed by atoms with Crippen LogP contribution in [0.5, 0.6) is 0 Å². The van der Waals surface area contributed by atoms with Gasteiger partial charge in [0.2, 0.25) is 5.91 Å². The lowest BCUT2D eigenvalue weighted by molar-refractivity contribution is -0.129. The number of carbonyl (C=O) groups excluding carboxylic acids is 2. The number of ketones is 1. The predicted octanol–water partition coefficient (Wildman–Crippen LogP) is 4.64. The normalized spacial score (nSPS) is 13.0. The van der Waals surface area contributed by atoms with Crippen molar-refractivity contribution >= 4 is 27.6 Å². The second-order valence-electron chi connectivity index (χ2n) is 8.48. The molecule has 0 saturated heterocycles. The van der Waals surface area contributed by atoms with E-state index in [0.717, 1.165) is 19.3 Å². The molecule has 0 rings (SSSR count). The van der Waals surface area contributed by atoms with E-state index >= 15 is 0 Å². The number of carbonyl (C=O) groups is 2. The third-order valence-electron chi connectivity index (χ3n) is 4.40. The molecule has 0 aliphatic heterocycles. The summed E-state index contributed by atoms with van der Waals surface area (Å²) in [6.07, 6.45) is 3.93. The third kappa shape index (κ3) is 9.77. The van der Waals surface area contributed by atoms with Gasteiger partial charge in [0.1, 0.15) is 5.78 Å². The Labute approximate surface area is 156 Å². The van der Waals surface area contributed by atoms with Crippen LogP contribution in [0, 0.1) is 5.41 Å². The van der Waals surface area contributed by atoms with E-state index in [1.54, 1.807) is 0 Å². The van der Waals surface area contributed by atoms with E-state index in [1.807, 2.05) is 41.5 Å². The number of ether oxygens (including phenoxy) is 1. The van der Waals surface area contributed by atoms with Crippen LogP contribution >= 0.6 is 15.9 Å². The summed E-state index contributed by atoms with van der Waals surface area (Å²) in [4.78, 5) is 23.9. The van der Waals surface area contributed by atoms with Crippen LogP contribution in [0.25, 0.3) is 0 Å². The van der Waals surface area contributed by atoms with Crippen molar-refractivity contribution in [1.29, 1.82) is 0 Å². The van der Waals surface area contributed by atoms with E-state index in [0.29, 0.717) is 30.6 Å². The summed E-state index contributed by atoms with van der Waals surface area (Å²) in [6.45, 7) is 14.7. The molecule has 1 amide bonds. The van der Waals surface area contributed by atoms with Crippen molar-refractivity contribution in [3.8, 4) is 0 Å². The van der Waals surface area contributed by atoms with E-state index in [1.165, 1.54) is 0 Å². The van der Waals surface area contributed by atoms with Crippen molar-refractivity contribution in [2.75, 3.05) is 11.9 Å². The number of hydrogen-bond acceptors (Lipinski definition) is 3. The maximum Gasteiger partial charge on any atom is 0.231 e. The minimum absolute atomic E-state index is 0.0250. The number of rotatable bonds is 12. The second-order valence-corrected chi connectivity index (χ2v) is 9.04. The van der Waals surface area contributed by atoms with Crippen LogP contribution in [-0.2, 0) is 14.3 Å². The van der Waals surface area contributed by atoms with E-state index in [2.05, 4.69) is 28.2 Å². The fourth-order valence-electron chi connectivity index (χ4n) is 2.65. The lowest BCUT2D eigenvalue weighted by Crippen LogP contribution is -2.45. The van der Waals surface area contributed by atoms with Crippen molar-refractivity contribution < 1.29 is 14.3 Å². The molecule has 0 atom stereocenters. The molecule has 24 heavy (non-hydrogen) atoms. The van der Waals surface area contributed by atoms with Gasteiger partial charge in [-0.2, -0.15) is 0 Å². The van der Waals surface area contributed by atoms with E-state index < -0.39 is 0 Å². The number of halogens is 1. The Morgan fingerprint density at radius 1 is 1.00 bits per heavy atom. The molecule has 0 aromatic rings. The number of nitrogens with one attached hydrogen (secondary N) is 1. The third-order valence-corrected chi connectivity index (χ3v) is 4.91. The van der Waals surface area contributed by atoms with Gasteiger partial charge in [0.05, 0.1) is 10.9 Å². The van der Waals surface area contributed by atoms with E-state index in [9.17, 15) is 9.59 Å². The van der Waals surface area contributed by atoms with E-state index in [4.69, 9.17) is 4.74 Å². The van der Waals surface area contributed by atoms with Crippen LogP contribution in [-0.4, -0.2) is 34.8 Å². The van der Waals surface area contributed by atoms with Crippen LogP contribution in [0.3, 0.4) is 0 Å². The monoisotopic (exact) mass is 405 g/mol. The zero-order chi connectivity index (χ0) is 19.0. The Kier molecular flexibility index (Phi) is 9.73. The first-order chi connectivity index (χ1) is 10.9. The molecule has 0 bridgehead atoms. The number of hydrogen-bond donors (Lipinski definition) is 1. The van der Waals surface area contributed by atoms with Gasteiger partial charge in [-0.1, -0.05) is 43.1 Å². The molecule has 4 nitrogen and oxygen atoms in total. The van der Waals surface area contributed by atoms with Gasteiger partial charge in [-0.3, -0.25) is 9.59 Å². The smallest absolute Gasteiger partial charge is 0.231 e. The van der Waals surface area contributed by atoms with Gasteiger partial charge in [0, 0.05) is 24.0 Å². The van der Waals surface area contributed by atoms with Crippen LogP contribution in [0.2, 0.25) is 0 Å². The van der Waals surface area contributed by atoms with Crippen molar-refractivity contribution in [2.24, 2.45) is 5.41 Å². The van der Waals surface area contributed by atoms with Gasteiger partial charge in [0.25, 0.3) is 0 Å². The standard InChI is InChI=1S/C19H36BrNO3/c1-8-10-17(2,3)15(22)9-11-19(6,7)24-13-12-18(4,5)21-16(23)14-20/h8-14H2,1-7H3,(H,21,23). The van der Waals surface area contributed by atoms with Gasteiger partial charge in [0.15, 0.2) is 0 Å². The fourth-order valence-corrected chi connectivity index (χ4v) is 2.79. The molecular formula is C19H36BrNO3. The van der Waals surface area contributed by atoms with Gasteiger partial charge in [-0.05, 0) is 47.0 Å². The Bertz CT molecular complexity index is 417. The zero-order valence-corrected chi connectivity index (χ0v) is 18.1. The Morgan fingerprint density at radius 3 is 2.08 bits per heavy atom. The largest absolute Gasteiger partial charge is 0.375 e. The first kappa shape index (κ1) is 23.6. The summed E-state index contributed by atoms with van der Waals surface area (Å²) in [5.74, 6) is 0.286. The molecule has 0 aromatic carbocycles. The summed E-state index contributed by atoms with van der Waals surface area (Å²) in [6, 6.07) is 0.